The molecule has 0 heterocycles. The Labute approximate surface area is 139 Å². The van der Waals surface area contributed by atoms with E-state index in [0.717, 1.165) is 15.6 Å². The third-order valence-electron chi connectivity index (χ3n) is 3.22. The summed E-state index contributed by atoms with van der Waals surface area (Å²) < 4.78 is 28.6. The van der Waals surface area contributed by atoms with Crippen molar-refractivity contribution in [3.05, 3.63) is 64.1 Å². The van der Waals surface area contributed by atoms with Crippen molar-refractivity contribution in [1.82, 2.24) is 4.72 Å². The molecule has 0 saturated heterocycles. The third kappa shape index (κ3) is 4.20. The minimum absolute atomic E-state index is 0.234. The lowest BCUT2D eigenvalue weighted by Crippen LogP contribution is -2.28. The average Bonchev–Trinajstić information content (AvgIpc) is 2.48. The summed E-state index contributed by atoms with van der Waals surface area (Å²) in [5.74, 6) is 2.53. The lowest BCUT2D eigenvalue weighted by molar-refractivity contribution is 0.559. The molecule has 0 spiro atoms. The van der Waals surface area contributed by atoms with E-state index in [4.69, 9.17) is 6.42 Å². The molecule has 0 amide bonds. The van der Waals surface area contributed by atoms with Crippen LogP contribution in [0.1, 0.15) is 23.6 Å². The Morgan fingerprint density at radius 1 is 1.14 bits per heavy atom. The maximum Gasteiger partial charge on any atom is 0.241 e. The van der Waals surface area contributed by atoms with E-state index in [-0.39, 0.29) is 11.3 Å². The molecule has 0 aliphatic carbocycles. The van der Waals surface area contributed by atoms with Crippen LogP contribution >= 0.6 is 15.9 Å². The largest absolute Gasteiger partial charge is 0.241 e. The molecule has 0 saturated carbocycles. The SMILES string of the molecule is C#CC[C@H](NS(=O)(=O)c1ccc(C)cc1)c1ccc(Br)cc1. The van der Waals surface area contributed by atoms with Crippen molar-refractivity contribution in [2.75, 3.05) is 0 Å². The predicted molar refractivity (Wildman–Crippen MR) is 91.8 cm³/mol. The summed E-state index contributed by atoms with van der Waals surface area (Å²) in [4.78, 5) is 0.234. The highest BCUT2D eigenvalue weighted by Crippen LogP contribution is 2.22. The van der Waals surface area contributed by atoms with Gasteiger partial charge in [0, 0.05) is 10.9 Å². The maximum absolute atomic E-state index is 12.5. The molecule has 22 heavy (non-hydrogen) atoms. The van der Waals surface area contributed by atoms with Gasteiger partial charge in [-0.25, -0.2) is 13.1 Å². The molecule has 0 aromatic heterocycles. The maximum atomic E-state index is 12.5. The van der Waals surface area contributed by atoms with E-state index in [0.29, 0.717) is 0 Å². The highest BCUT2D eigenvalue weighted by Gasteiger charge is 2.20. The van der Waals surface area contributed by atoms with Crippen molar-refractivity contribution in [1.29, 1.82) is 0 Å². The Bertz CT molecular complexity index is 775. The Hall–Kier alpha value is -1.61. The zero-order valence-electron chi connectivity index (χ0n) is 12.1. The zero-order valence-corrected chi connectivity index (χ0v) is 14.5. The van der Waals surface area contributed by atoms with E-state index in [1.807, 2.05) is 31.2 Å². The minimum atomic E-state index is -3.61. The molecule has 0 unspecified atom stereocenters. The molecular weight excluding hydrogens is 362 g/mol. The summed E-state index contributed by atoms with van der Waals surface area (Å²) in [7, 11) is -3.61. The van der Waals surface area contributed by atoms with Crippen molar-refractivity contribution in [2.24, 2.45) is 0 Å². The summed E-state index contributed by atoms with van der Waals surface area (Å²) >= 11 is 3.36. The van der Waals surface area contributed by atoms with Crippen LogP contribution in [0.5, 0.6) is 0 Å². The number of terminal acetylenes is 1. The van der Waals surface area contributed by atoms with E-state index < -0.39 is 16.1 Å². The van der Waals surface area contributed by atoms with Gasteiger partial charge in [-0.15, -0.1) is 12.3 Å². The van der Waals surface area contributed by atoms with Crippen LogP contribution < -0.4 is 4.72 Å². The van der Waals surface area contributed by atoms with Gasteiger partial charge in [-0.05, 0) is 36.8 Å². The first-order chi connectivity index (χ1) is 10.4. The van der Waals surface area contributed by atoms with Gasteiger partial charge >= 0.3 is 0 Å². The zero-order chi connectivity index (χ0) is 16.2. The molecule has 1 atom stereocenters. The van der Waals surface area contributed by atoms with E-state index >= 15 is 0 Å². The Balaban J connectivity index is 2.29. The summed E-state index contributed by atoms with van der Waals surface area (Å²) in [6.45, 7) is 1.91. The number of hydrogen-bond acceptors (Lipinski definition) is 2. The molecule has 0 fully saturated rings. The van der Waals surface area contributed by atoms with Crippen LogP contribution in [0.25, 0.3) is 0 Å². The Kier molecular flexibility index (Phi) is 5.41. The van der Waals surface area contributed by atoms with Crippen LogP contribution in [0.4, 0.5) is 0 Å². The second-order valence-corrected chi connectivity index (χ2v) is 7.58. The number of hydrogen-bond donors (Lipinski definition) is 1. The predicted octanol–water partition coefficient (Wildman–Crippen LogP) is 3.80. The smallest absolute Gasteiger partial charge is 0.207 e. The molecule has 2 aromatic carbocycles. The van der Waals surface area contributed by atoms with Crippen molar-refractivity contribution >= 4 is 26.0 Å². The van der Waals surface area contributed by atoms with Crippen LogP contribution in [0.3, 0.4) is 0 Å². The molecule has 114 valence electrons. The number of sulfonamides is 1. The van der Waals surface area contributed by atoms with Crippen LogP contribution in [0, 0.1) is 19.3 Å². The van der Waals surface area contributed by atoms with Gasteiger partial charge in [-0.2, -0.15) is 0 Å². The van der Waals surface area contributed by atoms with E-state index in [1.54, 1.807) is 24.3 Å². The van der Waals surface area contributed by atoms with Crippen molar-refractivity contribution < 1.29 is 8.42 Å². The highest BCUT2D eigenvalue weighted by molar-refractivity contribution is 9.10. The van der Waals surface area contributed by atoms with Gasteiger partial charge in [0.05, 0.1) is 10.9 Å². The average molecular weight is 378 g/mol. The number of aryl methyl sites for hydroxylation is 1. The first kappa shape index (κ1) is 16.8. The molecule has 0 aliphatic rings. The highest BCUT2D eigenvalue weighted by atomic mass is 79.9. The second kappa shape index (κ2) is 7.10. The number of halogens is 1. The molecule has 0 aliphatic heterocycles. The van der Waals surface area contributed by atoms with Gasteiger partial charge in [-0.1, -0.05) is 45.8 Å². The molecule has 0 radical (unpaired) electrons. The topological polar surface area (TPSA) is 46.2 Å². The van der Waals surface area contributed by atoms with Crippen LogP contribution in [-0.4, -0.2) is 8.42 Å². The molecule has 5 heteroatoms. The minimum Gasteiger partial charge on any atom is -0.207 e. The quantitative estimate of drug-likeness (QED) is 0.805. The van der Waals surface area contributed by atoms with E-state index in [9.17, 15) is 8.42 Å². The molecular formula is C17H16BrNO2S. The first-order valence-electron chi connectivity index (χ1n) is 6.70. The molecule has 2 rings (SSSR count). The van der Waals surface area contributed by atoms with Crippen molar-refractivity contribution in [3.63, 3.8) is 0 Å². The number of nitrogens with one attached hydrogen (secondary N) is 1. The fraction of sp³-hybridized carbons (Fsp3) is 0.176. The Morgan fingerprint density at radius 3 is 2.27 bits per heavy atom. The number of rotatable bonds is 5. The lowest BCUT2D eigenvalue weighted by atomic mass is 10.1. The standard InChI is InChI=1S/C17H16BrNO2S/c1-3-4-17(14-7-9-15(18)10-8-14)19-22(20,21)16-11-5-13(2)6-12-16/h1,5-12,17,19H,4H2,2H3/t17-/m0/s1. The van der Waals surface area contributed by atoms with E-state index in [1.165, 1.54) is 0 Å². The Morgan fingerprint density at radius 2 is 1.73 bits per heavy atom. The number of benzene rings is 2. The van der Waals surface area contributed by atoms with Gasteiger partial charge in [0.25, 0.3) is 0 Å². The van der Waals surface area contributed by atoms with Crippen molar-refractivity contribution in [2.45, 2.75) is 24.3 Å². The van der Waals surface area contributed by atoms with Gasteiger partial charge < -0.3 is 0 Å². The summed E-state index contributed by atoms with van der Waals surface area (Å²) in [6.07, 6.45) is 5.66. The van der Waals surface area contributed by atoms with E-state index in [2.05, 4.69) is 26.6 Å². The first-order valence-corrected chi connectivity index (χ1v) is 8.98. The molecule has 2 aromatic rings. The van der Waals surface area contributed by atoms with Crippen molar-refractivity contribution in [3.8, 4) is 12.3 Å². The molecule has 0 bridgehead atoms. The normalized spacial score (nSPS) is 12.6. The summed E-state index contributed by atoms with van der Waals surface area (Å²) in [5.41, 5.74) is 1.84. The van der Waals surface area contributed by atoms with Gasteiger partial charge in [0.15, 0.2) is 0 Å². The van der Waals surface area contributed by atoms with Crippen LogP contribution in [0.15, 0.2) is 57.9 Å². The molecule has 3 nitrogen and oxygen atoms in total. The monoisotopic (exact) mass is 377 g/mol. The lowest BCUT2D eigenvalue weighted by Gasteiger charge is -2.17. The van der Waals surface area contributed by atoms with Gasteiger partial charge in [0.1, 0.15) is 0 Å². The fourth-order valence-corrected chi connectivity index (χ4v) is 3.50. The molecule has 1 N–H and O–H groups in total. The third-order valence-corrected chi connectivity index (χ3v) is 5.24. The van der Waals surface area contributed by atoms with Gasteiger partial charge in [-0.3, -0.25) is 0 Å². The van der Waals surface area contributed by atoms with Gasteiger partial charge in [0.2, 0.25) is 10.0 Å². The summed E-state index contributed by atoms with van der Waals surface area (Å²) in [6, 6.07) is 13.7. The van der Waals surface area contributed by atoms with Crippen LogP contribution in [-0.2, 0) is 10.0 Å². The van der Waals surface area contributed by atoms with Crippen LogP contribution in [0.2, 0.25) is 0 Å². The summed E-state index contributed by atoms with van der Waals surface area (Å²) in [5, 5.41) is 0. The second-order valence-electron chi connectivity index (χ2n) is 4.95. The fourth-order valence-electron chi connectivity index (χ4n) is 2.01.